The van der Waals surface area contributed by atoms with Gasteiger partial charge >= 0.3 is 0 Å². The minimum atomic E-state index is 0.615. The van der Waals surface area contributed by atoms with Crippen LogP contribution in [0.15, 0.2) is 12.1 Å². The Labute approximate surface area is 124 Å². The fourth-order valence-electron chi connectivity index (χ4n) is 3.03. The summed E-state index contributed by atoms with van der Waals surface area (Å²) < 4.78 is 2.15. The molecule has 3 heterocycles. The highest BCUT2D eigenvalue weighted by atomic mass is 32.1. The van der Waals surface area contributed by atoms with E-state index in [0.29, 0.717) is 6.04 Å². The number of thiophene rings is 1. The lowest BCUT2D eigenvalue weighted by Crippen LogP contribution is -2.40. The van der Waals surface area contributed by atoms with Crippen LogP contribution in [0.25, 0.3) is 10.7 Å². The van der Waals surface area contributed by atoms with E-state index in [0.717, 1.165) is 18.3 Å². The van der Waals surface area contributed by atoms with Gasteiger partial charge in [0.15, 0.2) is 5.82 Å². The van der Waals surface area contributed by atoms with Crippen LogP contribution >= 0.6 is 11.3 Å². The molecule has 0 unspecified atom stereocenters. The average Bonchev–Trinajstić information content (AvgIpc) is 3.05. The van der Waals surface area contributed by atoms with Crippen LogP contribution in [-0.4, -0.2) is 27.4 Å². The first-order valence-electron chi connectivity index (χ1n) is 7.43. The van der Waals surface area contributed by atoms with Gasteiger partial charge in [0.2, 0.25) is 5.95 Å². The molecule has 4 nitrogen and oxygen atoms in total. The van der Waals surface area contributed by atoms with E-state index in [2.05, 4.69) is 52.7 Å². The molecule has 108 valence electrons. The first-order valence-corrected chi connectivity index (χ1v) is 8.25. The van der Waals surface area contributed by atoms with Gasteiger partial charge in [-0.3, -0.25) is 4.57 Å². The second-order valence-electron chi connectivity index (χ2n) is 5.54. The molecular formula is C15H22N4S. The number of piperidine rings is 1. The van der Waals surface area contributed by atoms with Crippen molar-refractivity contribution < 1.29 is 0 Å². The van der Waals surface area contributed by atoms with Gasteiger partial charge in [-0.2, -0.15) is 0 Å². The minimum absolute atomic E-state index is 0.615. The molecule has 2 aromatic heterocycles. The Balaban J connectivity index is 1.93. The molecule has 3 rings (SSSR count). The molecule has 20 heavy (non-hydrogen) atoms. The third kappa shape index (κ3) is 2.35. The van der Waals surface area contributed by atoms with Gasteiger partial charge in [-0.1, -0.05) is 6.92 Å². The fourth-order valence-corrected chi connectivity index (χ4v) is 3.92. The summed E-state index contributed by atoms with van der Waals surface area (Å²) in [5, 5.41) is 8.89. The number of rotatable bonds is 3. The Morgan fingerprint density at radius 3 is 2.85 bits per heavy atom. The van der Waals surface area contributed by atoms with Crippen LogP contribution in [0.4, 0.5) is 5.95 Å². The zero-order valence-corrected chi connectivity index (χ0v) is 13.3. The summed E-state index contributed by atoms with van der Waals surface area (Å²) >= 11 is 1.78. The van der Waals surface area contributed by atoms with Gasteiger partial charge in [0.25, 0.3) is 0 Å². The molecule has 0 saturated carbocycles. The van der Waals surface area contributed by atoms with Crippen molar-refractivity contribution in [1.82, 2.24) is 14.8 Å². The normalized spacial score (nSPS) is 19.6. The van der Waals surface area contributed by atoms with Crippen molar-refractivity contribution in [3.63, 3.8) is 0 Å². The van der Waals surface area contributed by atoms with Gasteiger partial charge in [0.05, 0.1) is 4.88 Å². The standard InChI is InChI=1S/C15H22N4S/c1-4-12-7-5-6-10-19(12)15-17-16-14(18(15)3)13-9-8-11(2)20-13/h8-9,12H,4-7,10H2,1-3H3/t12-/m0/s1. The number of aromatic nitrogens is 3. The van der Waals surface area contributed by atoms with E-state index >= 15 is 0 Å². The number of nitrogens with zero attached hydrogens (tertiary/aromatic N) is 4. The molecule has 0 aliphatic carbocycles. The van der Waals surface area contributed by atoms with Gasteiger partial charge in [-0.15, -0.1) is 21.5 Å². The summed E-state index contributed by atoms with van der Waals surface area (Å²) in [7, 11) is 2.08. The van der Waals surface area contributed by atoms with E-state index in [9.17, 15) is 0 Å². The van der Waals surface area contributed by atoms with Crippen LogP contribution < -0.4 is 4.90 Å². The monoisotopic (exact) mass is 290 g/mol. The topological polar surface area (TPSA) is 34.0 Å². The lowest BCUT2D eigenvalue weighted by atomic mass is 10.0. The zero-order chi connectivity index (χ0) is 14.1. The average molecular weight is 290 g/mol. The molecule has 0 radical (unpaired) electrons. The molecule has 2 aromatic rings. The van der Waals surface area contributed by atoms with Gasteiger partial charge < -0.3 is 4.90 Å². The van der Waals surface area contributed by atoms with E-state index in [1.165, 1.54) is 35.4 Å². The smallest absolute Gasteiger partial charge is 0.227 e. The molecule has 0 N–H and O–H groups in total. The number of aryl methyl sites for hydroxylation is 1. The first kappa shape index (κ1) is 13.6. The summed E-state index contributed by atoms with van der Waals surface area (Å²) in [4.78, 5) is 4.96. The van der Waals surface area contributed by atoms with E-state index in [1.807, 2.05) is 0 Å². The van der Waals surface area contributed by atoms with E-state index in [-0.39, 0.29) is 0 Å². The molecule has 0 spiro atoms. The Kier molecular flexibility index (Phi) is 3.78. The highest BCUT2D eigenvalue weighted by Gasteiger charge is 2.25. The Hall–Kier alpha value is -1.36. The van der Waals surface area contributed by atoms with Crippen molar-refractivity contribution in [1.29, 1.82) is 0 Å². The summed E-state index contributed by atoms with van der Waals surface area (Å²) in [6, 6.07) is 4.90. The molecule has 1 saturated heterocycles. The van der Waals surface area contributed by atoms with E-state index < -0.39 is 0 Å². The second kappa shape index (κ2) is 5.56. The highest BCUT2D eigenvalue weighted by Crippen LogP contribution is 2.30. The first-order chi connectivity index (χ1) is 9.70. The molecule has 1 fully saturated rings. The largest absolute Gasteiger partial charge is 0.338 e. The van der Waals surface area contributed by atoms with Crippen LogP contribution in [0.2, 0.25) is 0 Å². The van der Waals surface area contributed by atoms with Gasteiger partial charge in [-0.05, 0) is 44.7 Å². The SMILES string of the molecule is CC[C@H]1CCCCN1c1nnc(-c2ccc(C)s2)n1C. The minimum Gasteiger partial charge on any atom is -0.338 e. The van der Waals surface area contributed by atoms with E-state index in [4.69, 9.17) is 0 Å². The van der Waals surface area contributed by atoms with Crippen molar-refractivity contribution in [2.24, 2.45) is 7.05 Å². The summed E-state index contributed by atoms with van der Waals surface area (Å²) in [6.07, 6.45) is 5.05. The molecular weight excluding hydrogens is 268 g/mol. The molecule has 0 aromatic carbocycles. The summed E-state index contributed by atoms with van der Waals surface area (Å²) in [5.41, 5.74) is 0. The highest BCUT2D eigenvalue weighted by molar-refractivity contribution is 7.15. The lowest BCUT2D eigenvalue weighted by Gasteiger charge is -2.35. The maximum Gasteiger partial charge on any atom is 0.227 e. The third-order valence-corrected chi connectivity index (χ3v) is 5.16. The van der Waals surface area contributed by atoms with Crippen molar-refractivity contribution in [3.05, 3.63) is 17.0 Å². The van der Waals surface area contributed by atoms with Crippen LogP contribution in [-0.2, 0) is 7.05 Å². The summed E-state index contributed by atoms with van der Waals surface area (Å²) in [5.74, 6) is 2.01. The second-order valence-corrected chi connectivity index (χ2v) is 6.83. The predicted molar refractivity (Wildman–Crippen MR) is 84.3 cm³/mol. The maximum atomic E-state index is 4.47. The zero-order valence-electron chi connectivity index (χ0n) is 12.5. The molecule has 5 heteroatoms. The summed E-state index contributed by atoms with van der Waals surface area (Å²) in [6.45, 7) is 5.50. The van der Waals surface area contributed by atoms with Crippen LogP contribution in [0.1, 0.15) is 37.5 Å². The Bertz CT molecular complexity index is 586. The lowest BCUT2D eigenvalue weighted by molar-refractivity contribution is 0.439. The molecule has 1 aliphatic rings. The van der Waals surface area contributed by atoms with Gasteiger partial charge in [0.1, 0.15) is 0 Å². The van der Waals surface area contributed by atoms with Crippen molar-refractivity contribution >= 4 is 17.3 Å². The molecule has 1 atom stereocenters. The number of anilines is 1. The van der Waals surface area contributed by atoms with E-state index in [1.54, 1.807) is 11.3 Å². The van der Waals surface area contributed by atoms with Crippen molar-refractivity contribution in [2.75, 3.05) is 11.4 Å². The number of hydrogen-bond donors (Lipinski definition) is 0. The predicted octanol–water partition coefficient (Wildman–Crippen LogP) is 3.62. The maximum absolute atomic E-state index is 4.47. The quantitative estimate of drug-likeness (QED) is 0.866. The fraction of sp³-hybridized carbons (Fsp3) is 0.600. The molecule has 1 aliphatic heterocycles. The van der Waals surface area contributed by atoms with Crippen LogP contribution in [0.5, 0.6) is 0 Å². The Morgan fingerprint density at radius 2 is 2.15 bits per heavy atom. The molecule has 0 bridgehead atoms. The molecule has 0 amide bonds. The Morgan fingerprint density at radius 1 is 1.30 bits per heavy atom. The van der Waals surface area contributed by atoms with Gasteiger partial charge in [-0.25, -0.2) is 0 Å². The van der Waals surface area contributed by atoms with Crippen LogP contribution in [0.3, 0.4) is 0 Å². The van der Waals surface area contributed by atoms with Gasteiger partial charge in [0, 0.05) is 24.5 Å². The van der Waals surface area contributed by atoms with Crippen LogP contribution in [0, 0.1) is 6.92 Å². The third-order valence-electron chi connectivity index (χ3n) is 4.17. The van der Waals surface area contributed by atoms with Crippen molar-refractivity contribution in [2.45, 2.75) is 45.6 Å². The van der Waals surface area contributed by atoms with Crippen molar-refractivity contribution in [3.8, 4) is 10.7 Å². The number of hydrogen-bond acceptors (Lipinski definition) is 4.